The molecule has 0 fully saturated rings. The van der Waals surface area contributed by atoms with E-state index in [1.165, 1.54) is 0 Å². The van der Waals surface area contributed by atoms with Gasteiger partial charge in [-0.05, 0) is 36.6 Å². The summed E-state index contributed by atoms with van der Waals surface area (Å²) in [7, 11) is 0. The number of hydrogen-bond donors (Lipinski definition) is 1. The van der Waals surface area contributed by atoms with Gasteiger partial charge in [0.2, 0.25) is 0 Å². The summed E-state index contributed by atoms with van der Waals surface area (Å²) in [5.74, 6) is 0.431. The van der Waals surface area contributed by atoms with Gasteiger partial charge in [0.05, 0.1) is 0 Å². The fourth-order valence-electron chi connectivity index (χ4n) is 2.16. The summed E-state index contributed by atoms with van der Waals surface area (Å²) in [6, 6.07) is 5.50. The summed E-state index contributed by atoms with van der Waals surface area (Å²) < 4.78 is 13.5. The molecule has 0 aromatic heterocycles. The van der Waals surface area contributed by atoms with Crippen LogP contribution in [-0.4, -0.2) is 19.1 Å². The Morgan fingerprint density at radius 1 is 1.21 bits per heavy atom. The smallest absolute Gasteiger partial charge is 0.123 e. The molecule has 0 aliphatic rings. The fourth-order valence-corrected chi connectivity index (χ4v) is 2.16. The van der Waals surface area contributed by atoms with Crippen molar-refractivity contribution in [3.05, 3.63) is 29.6 Å². The third-order valence-electron chi connectivity index (χ3n) is 3.05. The third-order valence-corrected chi connectivity index (χ3v) is 3.05. The van der Waals surface area contributed by atoms with E-state index in [1.54, 1.807) is 12.1 Å². The quantitative estimate of drug-likeness (QED) is 0.807. The number of halogens is 1. The van der Waals surface area contributed by atoms with Crippen molar-refractivity contribution in [2.75, 3.05) is 18.0 Å². The number of benzene rings is 1. The molecule has 0 amide bonds. The SMILES string of the molecule is CCN(CC(C)C)c1ccc(F)cc1CNC(C)C. The predicted octanol–water partition coefficient (Wildman–Crippen LogP) is 3.81. The maximum absolute atomic E-state index is 13.5. The Labute approximate surface area is 117 Å². The van der Waals surface area contributed by atoms with Crippen LogP contribution in [0.15, 0.2) is 18.2 Å². The molecule has 3 heteroatoms. The molecule has 0 aliphatic carbocycles. The van der Waals surface area contributed by atoms with Crippen molar-refractivity contribution in [1.82, 2.24) is 5.32 Å². The molecule has 19 heavy (non-hydrogen) atoms. The van der Waals surface area contributed by atoms with Gasteiger partial charge in [0.25, 0.3) is 0 Å². The van der Waals surface area contributed by atoms with Crippen LogP contribution in [0.5, 0.6) is 0 Å². The highest BCUT2D eigenvalue weighted by atomic mass is 19.1. The Morgan fingerprint density at radius 2 is 1.89 bits per heavy atom. The van der Waals surface area contributed by atoms with E-state index in [1.807, 2.05) is 6.07 Å². The van der Waals surface area contributed by atoms with Crippen molar-refractivity contribution in [1.29, 1.82) is 0 Å². The highest BCUT2D eigenvalue weighted by Gasteiger charge is 2.12. The maximum atomic E-state index is 13.5. The van der Waals surface area contributed by atoms with Crippen LogP contribution >= 0.6 is 0 Å². The summed E-state index contributed by atoms with van der Waals surface area (Å²) in [6.45, 7) is 13.4. The van der Waals surface area contributed by atoms with E-state index in [9.17, 15) is 4.39 Å². The lowest BCUT2D eigenvalue weighted by Crippen LogP contribution is -2.30. The van der Waals surface area contributed by atoms with Crippen molar-refractivity contribution >= 4 is 5.69 Å². The number of nitrogens with one attached hydrogen (secondary N) is 1. The molecular formula is C16H27FN2. The summed E-state index contributed by atoms with van der Waals surface area (Å²) in [5, 5.41) is 3.37. The second kappa shape index (κ2) is 7.49. The second-order valence-corrected chi connectivity index (χ2v) is 5.74. The Hall–Kier alpha value is -1.09. The summed E-state index contributed by atoms with van der Waals surface area (Å²) in [4.78, 5) is 2.32. The van der Waals surface area contributed by atoms with Gasteiger partial charge in [-0.1, -0.05) is 27.7 Å². The van der Waals surface area contributed by atoms with Gasteiger partial charge in [-0.25, -0.2) is 4.39 Å². The molecular weight excluding hydrogens is 239 g/mol. The summed E-state index contributed by atoms with van der Waals surface area (Å²) >= 11 is 0. The molecule has 0 saturated heterocycles. The third kappa shape index (κ3) is 5.19. The maximum Gasteiger partial charge on any atom is 0.123 e. The van der Waals surface area contributed by atoms with Gasteiger partial charge in [0.15, 0.2) is 0 Å². The summed E-state index contributed by atoms with van der Waals surface area (Å²) in [5.41, 5.74) is 2.18. The largest absolute Gasteiger partial charge is 0.371 e. The van der Waals surface area contributed by atoms with Crippen molar-refractivity contribution in [3.8, 4) is 0 Å². The average Bonchev–Trinajstić information content (AvgIpc) is 2.33. The van der Waals surface area contributed by atoms with E-state index in [4.69, 9.17) is 0 Å². The van der Waals surface area contributed by atoms with Gasteiger partial charge in [0.1, 0.15) is 5.82 Å². The van der Waals surface area contributed by atoms with E-state index in [-0.39, 0.29) is 5.82 Å². The molecule has 2 nitrogen and oxygen atoms in total. The zero-order valence-electron chi connectivity index (χ0n) is 12.8. The highest BCUT2D eigenvalue weighted by molar-refractivity contribution is 5.54. The molecule has 1 N–H and O–H groups in total. The Balaban J connectivity index is 2.96. The molecule has 0 atom stereocenters. The van der Waals surface area contributed by atoms with Crippen molar-refractivity contribution in [3.63, 3.8) is 0 Å². The van der Waals surface area contributed by atoms with Crippen LogP contribution in [0.1, 0.15) is 40.2 Å². The molecule has 1 aromatic carbocycles. The predicted molar refractivity (Wildman–Crippen MR) is 81.1 cm³/mol. The molecule has 108 valence electrons. The first-order valence-corrected chi connectivity index (χ1v) is 7.20. The van der Waals surface area contributed by atoms with Gasteiger partial charge < -0.3 is 10.2 Å². The van der Waals surface area contributed by atoms with Gasteiger partial charge in [-0.2, -0.15) is 0 Å². The Bertz CT molecular complexity index is 388. The lowest BCUT2D eigenvalue weighted by Gasteiger charge is -2.28. The zero-order chi connectivity index (χ0) is 14.4. The number of nitrogens with zero attached hydrogens (tertiary/aromatic N) is 1. The van der Waals surface area contributed by atoms with Gasteiger partial charge in [0, 0.05) is 31.4 Å². The minimum absolute atomic E-state index is 0.162. The molecule has 0 radical (unpaired) electrons. The van der Waals surface area contributed by atoms with Crippen LogP contribution in [0.2, 0.25) is 0 Å². The van der Waals surface area contributed by atoms with E-state index in [2.05, 4.69) is 44.8 Å². The second-order valence-electron chi connectivity index (χ2n) is 5.74. The molecule has 0 unspecified atom stereocenters. The molecule has 0 saturated carbocycles. The normalized spacial score (nSPS) is 11.4. The van der Waals surface area contributed by atoms with Gasteiger partial charge in [-0.15, -0.1) is 0 Å². The van der Waals surface area contributed by atoms with Crippen molar-refractivity contribution in [2.45, 2.75) is 47.2 Å². The van der Waals surface area contributed by atoms with E-state index >= 15 is 0 Å². The van der Waals surface area contributed by atoms with Crippen LogP contribution in [-0.2, 0) is 6.54 Å². The monoisotopic (exact) mass is 266 g/mol. The lowest BCUT2D eigenvalue weighted by molar-refractivity contribution is 0.575. The minimum atomic E-state index is -0.162. The van der Waals surface area contributed by atoms with Gasteiger partial charge in [-0.3, -0.25) is 0 Å². The topological polar surface area (TPSA) is 15.3 Å². The number of hydrogen-bond acceptors (Lipinski definition) is 2. The first-order valence-electron chi connectivity index (χ1n) is 7.20. The van der Waals surface area contributed by atoms with Crippen LogP contribution in [0.4, 0.5) is 10.1 Å². The highest BCUT2D eigenvalue weighted by Crippen LogP contribution is 2.23. The molecule has 0 spiro atoms. The number of rotatable bonds is 7. The fraction of sp³-hybridized carbons (Fsp3) is 0.625. The number of anilines is 1. The van der Waals surface area contributed by atoms with Gasteiger partial charge >= 0.3 is 0 Å². The molecule has 0 bridgehead atoms. The van der Waals surface area contributed by atoms with Crippen LogP contribution in [0, 0.1) is 11.7 Å². The average molecular weight is 266 g/mol. The summed E-state index contributed by atoms with van der Waals surface area (Å²) in [6.07, 6.45) is 0. The van der Waals surface area contributed by atoms with Crippen LogP contribution < -0.4 is 10.2 Å². The van der Waals surface area contributed by atoms with E-state index in [0.29, 0.717) is 18.5 Å². The van der Waals surface area contributed by atoms with Crippen molar-refractivity contribution < 1.29 is 4.39 Å². The molecule has 0 aliphatic heterocycles. The van der Waals surface area contributed by atoms with Crippen LogP contribution in [0.25, 0.3) is 0 Å². The standard InChI is InChI=1S/C16H27FN2/c1-6-19(11-12(2)3)16-8-7-15(17)9-14(16)10-18-13(4)5/h7-9,12-13,18H,6,10-11H2,1-5H3. The van der Waals surface area contributed by atoms with Crippen LogP contribution in [0.3, 0.4) is 0 Å². The minimum Gasteiger partial charge on any atom is -0.371 e. The van der Waals surface area contributed by atoms with E-state index in [0.717, 1.165) is 24.3 Å². The first-order chi connectivity index (χ1) is 8.93. The first kappa shape index (κ1) is 16.0. The lowest BCUT2D eigenvalue weighted by atomic mass is 10.1. The Morgan fingerprint density at radius 3 is 2.42 bits per heavy atom. The Kier molecular flexibility index (Phi) is 6.29. The molecule has 1 aromatic rings. The van der Waals surface area contributed by atoms with Crippen molar-refractivity contribution in [2.24, 2.45) is 5.92 Å². The molecule has 1 rings (SSSR count). The van der Waals surface area contributed by atoms with E-state index < -0.39 is 0 Å². The molecule has 0 heterocycles. The zero-order valence-corrected chi connectivity index (χ0v) is 12.8.